The zero-order valence-electron chi connectivity index (χ0n) is 25.5. The highest BCUT2D eigenvalue weighted by atomic mass is 16.5. The molecule has 1 saturated heterocycles. The van der Waals surface area contributed by atoms with Crippen molar-refractivity contribution in [1.82, 2.24) is 14.9 Å². The van der Waals surface area contributed by atoms with Crippen LogP contribution in [0.15, 0.2) is 30.3 Å². The molecule has 2 aromatic rings. The molecule has 42 heavy (non-hydrogen) atoms. The van der Waals surface area contributed by atoms with Gasteiger partial charge in [0.25, 0.3) is 0 Å². The number of ether oxygens (including phenoxy) is 1. The number of hydrogen-bond acceptors (Lipinski definition) is 8. The van der Waals surface area contributed by atoms with Gasteiger partial charge in [0.15, 0.2) is 0 Å². The molecule has 1 aromatic heterocycles. The molecule has 0 unspecified atom stereocenters. The lowest BCUT2D eigenvalue weighted by molar-refractivity contribution is -0.145. The standard InChI is InChI=1S/C33H50N6O3/c1-2-42-32(41)19-18-31(40)39-22-20-38(21-23-39)30-24-29(34)36-33(37-30)35-25-28-16-14-27(15-17-28)13-7-4-3-6-10-26-11-8-5-9-12-26/h14-17,24,26H,2-13,18-23,25H2,1H3,(H3,34,35,36,37). The van der Waals surface area contributed by atoms with Crippen LogP contribution in [0.1, 0.15) is 95.1 Å². The number of amides is 1. The van der Waals surface area contributed by atoms with Gasteiger partial charge in [0.2, 0.25) is 11.9 Å². The van der Waals surface area contributed by atoms with Crippen LogP contribution in [-0.2, 0) is 27.3 Å². The second-order valence-electron chi connectivity index (χ2n) is 11.8. The Balaban J connectivity index is 1.15. The highest BCUT2D eigenvalue weighted by Gasteiger charge is 2.23. The summed E-state index contributed by atoms with van der Waals surface area (Å²) in [5.41, 5.74) is 8.68. The van der Waals surface area contributed by atoms with Crippen LogP contribution in [0.5, 0.6) is 0 Å². The van der Waals surface area contributed by atoms with E-state index in [2.05, 4.69) is 39.5 Å². The Kier molecular flexibility index (Phi) is 12.7. The van der Waals surface area contributed by atoms with Crippen LogP contribution in [0, 0.1) is 5.92 Å². The summed E-state index contributed by atoms with van der Waals surface area (Å²) in [7, 11) is 0. The van der Waals surface area contributed by atoms with Gasteiger partial charge in [0.05, 0.1) is 13.0 Å². The number of anilines is 3. The molecule has 2 fully saturated rings. The van der Waals surface area contributed by atoms with Gasteiger partial charge in [-0.15, -0.1) is 0 Å². The topological polar surface area (TPSA) is 114 Å². The van der Waals surface area contributed by atoms with Gasteiger partial charge in [-0.1, -0.05) is 82.1 Å². The average Bonchev–Trinajstić information content (AvgIpc) is 3.01. The monoisotopic (exact) mass is 578 g/mol. The molecule has 2 heterocycles. The third-order valence-electron chi connectivity index (χ3n) is 8.56. The first-order valence-electron chi connectivity index (χ1n) is 16.1. The fourth-order valence-electron chi connectivity index (χ4n) is 6.08. The predicted molar refractivity (Wildman–Crippen MR) is 168 cm³/mol. The summed E-state index contributed by atoms with van der Waals surface area (Å²) in [6.07, 6.45) is 15.5. The van der Waals surface area contributed by atoms with Crippen LogP contribution >= 0.6 is 0 Å². The van der Waals surface area contributed by atoms with E-state index in [-0.39, 0.29) is 24.7 Å². The number of benzene rings is 1. The smallest absolute Gasteiger partial charge is 0.306 e. The summed E-state index contributed by atoms with van der Waals surface area (Å²) in [5.74, 6) is 2.30. The number of unbranched alkanes of at least 4 members (excludes halogenated alkanes) is 3. The van der Waals surface area contributed by atoms with Gasteiger partial charge in [-0.2, -0.15) is 9.97 Å². The highest BCUT2D eigenvalue weighted by molar-refractivity contribution is 5.81. The zero-order valence-corrected chi connectivity index (χ0v) is 25.5. The first-order valence-corrected chi connectivity index (χ1v) is 16.1. The Morgan fingerprint density at radius 1 is 0.929 bits per heavy atom. The molecule has 1 saturated carbocycles. The number of esters is 1. The number of nitrogen functional groups attached to an aromatic ring is 1. The molecular formula is C33H50N6O3. The Labute approximate surface area is 251 Å². The van der Waals surface area contributed by atoms with Crippen LogP contribution in [0.25, 0.3) is 0 Å². The minimum Gasteiger partial charge on any atom is -0.466 e. The molecule has 1 aliphatic carbocycles. The summed E-state index contributed by atoms with van der Waals surface area (Å²) in [6.45, 7) is 5.14. The molecule has 1 aliphatic heterocycles. The van der Waals surface area contributed by atoms with Crippen LogP contribution in [0.2, 0.25) is 0 Å². The van der Waals surface area contributed by atoms with Crippen molar-refractivity contribution in [3.8, 4) is 0 Å². The van der Waals surface area contributed by atoms with Gasteiger partial charge < -0.3 is 25.6 Å². The molecule has 9 nitrogen and oxygen atoms in total. The number of nitrogens with one attached hydrogen (secondary N) is 1. The summed E-state index contributed by atoms with van der Waals surface area (Å²) in [5, 5.41) is 3.32. The number of carbonyl (C=O) groups excluding carboxylic acids is 2. The van der Waals surface area contributed by atoms with E-state index in [0.29, 0.717) is 51.1 Å². The Bertz CT molecular complexity index is 1110. The normalized spacial score (nSPS) is 15.9. The molecule has 1 amide bonds. The summed E-state index contributed by atoms with van der Waals surface area (Å²) >= 11 is 0. The summed E-state index contributed by atoms with van der Waals surface area (Å²) in [4.78, 5) is 37.0. The molecule has 9 heteroatoms. The fraction of sp³-hybridized carbons (Fsp3) is 0.636. The molecule has 1 aromatic carbocycles. The zero-order chi connectivity index (χ0) is 29.6. The van der Waals surface area contributed by atoms with E-state index in [1.54, 1.807) is 17.9 Å². The molecular weight excluding hydrogens is 528 g/mol. The van der Waals surface area contributed by atoms with Gasteiger partial charge in [-0.25, -0.2) is 0 Å². The van der Waals surface area contributed by atoms with E-state index in [0.717, 1.165) is 18.2 Å². The van der Waals surface area contributed by atoms with Gasteiger partial charge in [0.1, 0.15) is 11.6 Å². The number of aromatic nitrogens is 2. The quantitative estimate of drug-likeness (QED) is 0.203. The molecule has 2 aliphatic rings. The van der Waals surface area contributed by atoms with E-state index in [4.69, 9.17) is 15.5 Å². The van der Waals surface area contributed by atoms with Crippen LogP contribution in [0.4, 0.5) is 17.6 Å². The SMILES string of the molecule is CCOC(=O)CCC(=O)N1CCN(c2cc(N)nc(NCc3ccc(CCCCCCC4CCCCC4)cc3)n2)CC1. The van der Waals surface area contributed by atoms with E-state index in [1.807, 2.05) is 0 Å². The van der Waals surface area contributed by atoms with Crippen molar-refractivity contribution >= 4 is 29.5 Å². The van der Waals surface area contributed by atoms with Gasteiger partial charge in [0, 0.05) is 45.2 Å². The minimum absolute atomic E-state index is 0.0249. The lowest BCUT2D eigenvalue weighted by atomic mass is 9.85. The second-order valence-corrected chi connectivity index (χ2v) is 11.8. The van der Waals surface area contributed by atoms with Crippen molar-refractivity contribution in [2.45, 2.75) is 96.9 Å². The minimum atomic E-state index is -0.331. The molecule has 0 radical (unpaired) electrons. The Hall–Kier alpha value is -3.36. The van der Waals surface area contributed by atoms with Crippen molar-refractivity contribution in [3.63, 3.8) is 0 Å². The van der Waals surface area contributed by atoms with Gasteiger partial charge in [-0.05, 0) is 36.8 Å². The van der Waals surface area contributed by atoms with Crippen molar-refractivity contribution in [1.29, 1.82) is 0 Å². The lowest BCUT2D eigenvalue weighted by Gasteiger charge is -2.35. The third kappa shape index (κ3) is 10.5. The fourth-order valence-corrected chi connectivity index (χ4v) is 6.08. The number of rotatable bonds is 15. The number of carbonyl (C=O) groups is 2. The first-order chi connectivity index (χ1) is 20.5. The van der Waals surface area contributed by atoms with Crippen molar-refractivity contribution in [2.24, 2.45) is 5.92 Å². The van der Waals surface area contributed by atoms with E-state index >= 15 is 0 Å². The third-order valence-corrected chi connectivity index (χ3v) is 8.56. The van der Waals surface area contributed by atoms with Gasteiger partial charge in [-0.3, -0.25) is 9.59 Å². The molecule has 0 bridgehead atoms. The number of nitrogens with zero attached hydrogens (tertiary/aromatic N) is 4. The van der Waals surface area contributed by atoms with E-state index < -0.39 is 0 Å². The Morgan fingerprint density at radius 3 is 2.38 bits per heavy atom. The van der Waals surface area contributed by atoms with Crippen molar-refractivity contribution in [3.05, 3.63) is 41.5 Å². The first kappa shape index (κ1) is 31.6. The van der Waals surface area contributed by atoms with Crippen molar-refractivity contribution < 1.29 is 14.3 Å². The van der Waals surface area contributed by atoms with Crippen LogP contribution < -0.4 is 16.0 Å². The largest absolute Gasteiger partial charge is 0.466 e. The number of aryl methyl sites for hydroxylation is 1. The molecule has 0 spiro atoms. The number of hydrogen-bond donors (Lipinski definition) is 2. The predicted octanol–water partition coefficient (Wildman–Crippen LogP) is 5.74. The van der Waals surface area contributed by atoms with E-state index in [1.165, 1.54) is 75.3 Å². The number of nitrogens with two attached hydrogens (primary N) is 1. The second kappa shape index (κ2) is 16.9. The Morgan fingerprint density at radius 2 is 1.64 bits per heavy atom. The maximum atomic E-state index is 12.5. The summed E-state index contributed by atoms with van der Waals surface area (Å²) in [6, 6.07) is 10.6. The van der Waals surface area contributed by atoms with E-state index in [9.17, 15) is 9.59 Å². The van der Waals surface area contributed by atoms with Gasteiger partial charge >= 0.3 is 5.97 Å². The maximum absolute atomic E-state index is 12.5. The summed E-state index contributed by atoms with van der Waals surface area (Å²) < 4.78 is 4.92. The lowest BCUT2D eigenvalue weighted by Crippen LogP contribution is -2.49. The van der Waals surface area contributed by atoms with Crippen LogP contribution in [0.3, 0.4) is 0 Å². The molecule has 3 N–H and O–H groups in total. The van der Waals surface area contributed by atoms with Crippen LogP contribution in [-0.4, -0.2) is 59.5 Å². The highest BCUT2D eigenvalue weighted by Crippen LogP contribution is 2.28. The molecule has 0 atom stereocenters. The molecule has 230 valence electrons. The average molecular weight is 579 g/mol. The molecule has 4 rings (SSSR count). The number of piperazine rings is 1. The van der Waals surface area contributed by atoms with Crippen molar-refractivity contribution in [2.75, 3.05) is 48.7 Å². The maximum Gasteiger partial charge on any atom is 0.306 e.